The van der Waals surface area contributed by atoms with Gasteiger partial charge in [-0.15, -0.1) is 0 Å². The lowest BCUT2D eigenvalue weighted by Gasteiger charge is -2.36. The summed E-state index contributed by atoms with van der Waals surface area (Å²) in [5, 5.41) is 14.0. The lowest BCUT2D eigenvalue weighted by molar-refractivity contribution is -0.384. The first kappa shape index (κ1) is 23.2. The molecule has 9 heteroatoms. The second-order valence-corrected chi connectivity index (χ2v) is 7.52. The fourth-order valence-corrected chi connectivity index (χ4v) is 3.66. The minimum atomic E-state index is -0.695. The number of carbonyl (C=O) groups excluding carboxylic acids is 2. The Morgan fingerprint density at radius 2 is 1.75 bits per heavy atom. The first-order valence-corrected chi connectivity index (χ1v) is 10.7. The summed E-state index contributed by atoms with van der Waals surface area (Å²) in [5.74, 6) is -1.15. The number of nitrogens with one attached hydrogen (secondary N) is 1. The number of nitro benzene ring substituents is 1. The molecule has 0 saturated carbocycles. The van der Waals surface area contributed by atoms with E-state index in [1.807, 2.05) is 18.2 Å². The summed E-state index contributed by atoms with van der Waals surface area (Å²) in [6.07, 6.45) is 0.761. The number of rotatable bonds is 9. The fourth-order valence-electron chi connectivity index (χ4n) is 3.66. The normalized spacial score (nSPS) is 14.1. The van der Waals surface area contributed by atoms with Gasteiger partial charge in [-0.3, -0.25) is 19.8 Å². The number of amides is 1. The number of carbonyl (C=O) groups is 2. The number of nitro groups is 1. The molecule has 170 valence electrons. The number of piperazine rings is 1. The van der Waals surface area contributed by atoms with Crippen LogP contribution in [-0.2, 0) is 4.74 Å². The van der Waals surface area contributed by atoms with Crippen molar-refractivity contribution in [1.29, 1.82) is 0 Å². The highest BCUT2D eigenvalue weighted by Crippen LogP contribution is 2.19. The summed E-state index contributed by atoms with van der Waals surface area (Å²) in [6, 6.07) is 13.9. The van der Waals surface area contributed by atoms with Gasteiger partial charge in [0.25, 0.3) is 11.6 Å². The van der Waals surface area contributed by atoms with E-state index in [0.717, 1.165) is 45.2 Å². The van der Waals surface area contributed by atoms with Crippen LogP contribution in [0, 0.1) is 10.1 Å². The number of esters is 1. The van der Waals surface area contributed by atoms with E-state index in [9.17, 15) is 19.7 Å². The van der Waals surface area contributed by atoms with Crippen LogP contribution < -0.4 is 10.2 Å². The Bertz CT molecular complexity index is 943. The Labute approximate surface area is 187 Å². The molecule has 9 nitrogen and oxygen atoms in total. The maximum atomic E-state index is 12.5. The van der Waals surface area contributed by atoms with Crippen molar-refractivity contribution in [2.45, 2.75) is 13.3 Å². The molecule has 2 aromatic carbocycles. The molecule has 0 spiro atoms. The van der Waals surface area contributed by atoms with Gasteiger partial charge in [-0.1, -0.05) is 18.2 Å². The van der Waals surface area contributed by atoms with Gasteiger partial charge in [-0.25, -0.2) is 4.79 Å². The van der Waals surface area contributed by atoms with Crippen LogP contribution in [0.15, 0.2) is 48.5 Å². The lowest BCUT2D eigenvalue weighted by Crippen LogP contribution is -2.47. The predicted molar refractivity (Wildman–Crippen MR) is 121 cm³/mol. The number of para-hydroxylation sites is 1. The van der Waals surface area contributed by atoms with E-state index < -0.39 is 16.8 Å². The molecule has 0 aliphatic carbocycles. The van der Waals surface area contributed by atoms with Gasteiger partial charge in [0.1, 0.15) is 0 Å². The van der Waals surface area contributed by atoms with Crippen LogP contribution >= 0.6 is 0 Å². The van der Waals surface area contributed by atoms with Crippen LogP contribution in [0.5, 0.6) is 0 Å². The Hall–Kier alpha value is -3.46. The largest absolute Gasteiger partial charge is 0.462 e. The van der Waals surface area contributed by atoms with Gasteiger partial charge >= 0.3 is 5.97 Å². The molecule has 0 aromatic heterocycles. The highest BCUT2D eigenvalue weighted by molar-refractivity contribution is 5.99. The van der Waals surface area contributed by atoms with Gasteiger partial charge in [0, 0.05) is 56.1 Å². The highest BCUT2D eigenvalue weighted by atomic mass is 16.6. The minimum Gasteiger partial charge on any atom is -0.462 e. The topological polar surface area (TPSA) is 105 Å². The van der Waals surface area contributed by atoms with Crippen molar-refractivity contribution in [2.75, 3.05) is 50.8 Å². The summed E-state index contributed by atoms with van der Waals surface area (Å²) >= 11 is 0. The quantitative estimate of drug-likeness (QED) is 0.277. The van der Waals surface area contributed by atoms with E-state index in [1.54, 1.807) is 6.92 Å². The number of hydrogen-bond donors (Lipinski definition) is 1. The molecule has 0 atom stereocenters. The van der Waals surface area contributed by atoms with E-state index in [-0.39, 0.29) is 23.4 Å². The summed E-state index contributed by atoms with van der Waals surface area (Å²) in [6.45, 7) is 6.91. The average Bonchev–Trinajstić information content (AvgIpc) is 2.82. The number of ether oxygens (including phenoxy) is 1. The third-order valence-corrected chi connectivity index (χ3v) is 5.33. The number of hydrogen-bond acceptors (Lipinski definition) is 7. The van der Waals surface area contributed by atoms with Gasteiger partial charge in [0.2, 0.25) is 0 Å². The molecule has 1 amide bonds. The Morgan fingerprint density at radius 3 is 2.41 bits per heavy atom. The van der Waals surface area contributed by atoms with Crippen LogP contribution in [0.3, 0.4) is 0 Å². The zero-order valence-electron chi connectivity index (χ0n) is 18.2. The molecule has 1 aliphatic heterocycles. The molecular weight excluding hydrogens is 412 g/mol. The predicted octanol–water partition coefficient (Wildman–Crippen LogP) is 2.71. The molecule has 1 fully saturated rings. The van der Waals surface area contributed by atoms with Gasteiger partial charge in [-0.05, 0) is 38.1 Å². The van der Waals surface area contributed by atoms with Crippen LogP contribution in [0.4, 0.5) is 11.4 Å². The number of non-ortho nitro benzene ring substituents is 1. The van der Waals surface area contributed by atoms with Crippen molar-refractivity contribution in [3.63, 3.8) is 0 Å². The first-order valence-electron chi connectivity index (χ1n) is 10.7. The van der Waals surface area contributed by atoms with Crippen molar-refractivity contribution >= 4 is 23.3 Å². The summed E-state index contributed by atoms with van der Waals surface area (Å²) < 4.78 is 4.90. The molecule has 1 saturated heterocycles. The Kier molecular flexibility index (Phi) is 8.15. The molecule has 0 radical (unpaired) electrons. The van der Waals surface area contributed by atoms with Crippen LogP contribution in [0.25, 0.3) is 0 Å². The zero-order chi connectivity index (χ0) is 22.9. The molecule has 2 aromatic rings. The molecule has 32 heavy (non-hydrogen) atoms. The molecule has 1 N–H and O–H groups in total. The average molecular weight is 441 g/mol. The number of nitrogens with zero attached hydrogens (tertiary/aromatic N) is 3. The van der Waals surface area contributed by atoms with E-state index in [1.165, 1.54) is 17.8 Å². The van der Waals surface area contributed by atoms with Crippen molar-refractivity contribution in [3.8, 4) is 0 Å². The summed E-state index contributed by atoms with van der Waals surface area (Å²) in [4.78, 5) is 39.7. The smallest absolute Gasteiger partial charge is 0.338 e. The first-order chi connectivity index (χ1) is 15.5. The van der Waals surface area contributed by atoms with Crippen LogP contribution in [0.2, 0.25) is 0 Å². The van der Waals surface area contributed by atoms with Crippen LogP contribution in [-0.4, -0.2) is 67.6 Å². The van der Waals surface area contributed by atoms with Crippen molar-refractivity contribution < 1.29 is 19.2 Å². The molecule has 1 heterocycles. The number of anilines is 1. The van der Waals surface area contributed by atoms with E-state index >= 15 is 0 Å². The molecular formula is C23H28N4O5. The summed E-state index contributed by atoms with van der Waals surface area (Å²) in [5.41, 5.74) is 0.969. The Balaban J connectivity index is 1.47. The van der Waals surface area contributed by atoms with E-state index in [0.29, 0.717) is 6.54 Å². The van der Waals surface area contributed by atoms with Gasteiger partial charge in [0.15, 0.2) is 0 Å². The second kappa shape index (κ2) is 11.2. The Morgan fingerprint density at radius 1 is 1.06 bits per heavy atom. The third-order valence-electron chi connectivity index (χ3n) is 5.33. The number of benzene rings is 2. The maximum Gasteiger partial charge on any atom is 0.338 e. The van der Waals surface area contributed by atoms with Crippen molar-refractivity contribution in [2.24, 2.45) is 0 Å². The van der Waals surface area contributed by atoms with Crippen molar-refractivity contribution in [3.05, 3.63) is 69.8 Å². The molecule has 1 aliphatic rings. The fraction of sp³-hybridized carbons (Fsp3) is 0.391. The highest BCUT2D eigenvalue weighted by Gasteiger charge is 2.19. The summed E-state index contributed by atoms with van der Waals surface area (Å²) in [7, 11) is 0. The van der Waals surface area contributed by atoms with E-state index in [4.69, 9.17) is 4.74 Å². The third kappa shape index (κ3) is 6.27. The zero-order valence-corrected chi connectivity index (χ0v) is 18.2. The minimum absolute atomic E-state index is 0.0116. The maximum absolute atomic E-state index is 12.5. The van der Waals surface area contributed by atoms with Gasteiger partial charge in [0.05, 0.1) is 17.1 Å². The second-order valence-electron chi connectivity index (χ2n) is 7.52. The van der Waals surface area contributed by atoms with Gasteiger partial charge < -0.3 is 15.0 Å². The van der Waals surface area contributed by atoms with E-state index in [2.05, 4.69) is 27.2 Å². The standard InChI is InChI=1S/C23H28N4O5/c1-2-32-23(29)19-15-18(16-21(17-19)27(30)31)22(28)24-9-6-10-25-11-13-26(14-12-25)20-7-4-3-5-8-20/h3-5,7-8,15-17H,2,6,9-14H2,1H3,(H,24,28). The molecule has 0 bridgehead atoms. The molecule has 0 unspecified atom stereocenters. The molecule has 3 rings (SSSR count). The monoisotopic (exact) mass is 440 g/mol. The van der Waals surface area contributed by atoms with Crippen LogP contribution in [0.1, 0.15) is 34.1 Å². The van der Waals surface area contributed by atoms with Crippen molar-refractivity contribution in [1.82, 2.24) is 10.2 Å². The van der Waals surface area contributed by atoms with Gasteiger partial charge in [-0.2, -0.15) is 0 Å². The lowest BCUT2D eigenvalue weighted by atomic mass is 10.1. The SMILES string of the molecule is CCOC(=O)c1cc(C(=O)NCCCN2CCN(c3ccccc3)CC2)cc([N+](=O)[O-])c1.